The molecule has 0 bridgehead atoms. The van der Waals surface area contributed by atoms with Crippen LogP contribution in [-0.4, -0.2) is 59.8 Å². The van der Waals surface area contributed by atoms with Crippen molar-refractivity contribution < 1.29 is 9.59 Å². The summed E-state index contributed by atoms with van der Waals surface area (Å²) in [6.07, 6.45) is 6.54. The smallest absolute Gasteiger partial charge is 0.255 e. The Hall–Kier alpha value is -3.81. The van der Waals surface area contributed by atoms with Gasteiger partial charge in [-0.3, -0.25) is 19.5 Å². The average Bonchev–Trinajstić information content (AvgIpc) is 2.87. The van der Waals surface area contributed by atoms with E-state index in [-0.39, 0.29) is 11.8 Å². The van der Waals surface area contributed by atoms with Crippen LogP contribution in [0, 0.1) is 6.92 Å². The highest BCUT2D eigenvalue weighted by atomic mass is 16.2. The van der Waals surface area contributed by atoms with E-state index in [2.05, 4.69) is 32.5 Å². The second-order valence-electron chi connectivity index (χ2n) is 8.87. The summed E-state index contributed by atoms with van der Waals surface area (Å²) in [5, 5.41) is 5.81. The monoisotopic (exact) mass is 469 g/mol. The van der Waals surface area contributed by atoms with Crippen molar-refractivity contribution in [1.82, 2.24) is 14.8 Å². The van der Waals surface area contributed by atoms with Crippen molar-refractivity contribution in [2.75, 3.05) is 43.9 Å². The number of rotatable bonds is 7. The lowest BCUT2D eigenvalue weighted by Crippen LogP contribution is -2.43. The molecule has 1 aromatic heterocycles. The van der Waals surface area contributed by atoms with E-state index in [0.29, 0.717) is 16.9 Å². The molecular weight excluding hydrogens is 438 g/mol. The van der Waals surface area contributed by atoms with Crippen LogP contribution in [0.4, 0.5) is 11.4 Å². The molecule has 3 aromatic rings. The minimum absolute atomic E-state index is 0.186. The van der Waals surface area contributed by atoms with Gasteiger partial charge in [-0.05, 0) is 67.1 Å². The first-order valence-electron chi connectivity index (χ1n) is 11.8. The van der Waals surface area contributed by atoms with Gasteiger partial charge in [-0.1, -0.05) is 24.3 Å². The number of likely N-dealkylation sites (N-methyl/N-ethyl adjacent to an activating group) is 1. The Morgan fingerprint density at radius 1 is 1.00 bits per heavy atom. The molecule has 0 atom stereocenters. The van der Waals surface area contributed by atoms with Crippen LogP contribution in [0.2, 0.25) is 0 Å². The Kier molecular flexibility index (Phi) is 8.03. The number of hydrogen-bond donors (Lipinski definition) is 2. The Morgan fingerprint density at radius 2 is 1.77 bits per heavy atom. The van der Waals surface area contributed by atoms with E-state index in [4.69, 9.17) is 0 Å². The number of aromatic nitrogens is 1. The topological polar surface area (TPSA) is 77.6 Å². The third kappa shape index (κ3) is 7.09. The molecule has 2 amide bonds. The van der Waals surface area contributed by atoms with E-state index in [1.54, 1.807) is 24.5 Å². The van der Waals surface area contributed by atoms with Crippen LogP contribution in [-0.2, 0) is 11.3 Å². The van der Waals surface area contributed by atoms with Gasteiger partial charge in [0.2, 0.25) is 5.91 Å². The number of hydrogen-bond acceptors (Lipinski definition) is 5. The van der Waals surface area contributed by atoms with Crippen molar-refractivity contribution >= 4 is 29.3 Å². The van der Waals surface area contributed by atoms with Crippen LogP contribution in [0.5, 0.6) is 0 Å². The second kappa shape index (κ2) is 11.6. The molecular formula is C28H31N5O2. The van der Waals surface area contributed by atoms with Gasteiger partial charge in [0, 0.05) is 68.1 Å². The molecule has 4 rings (SSSR count). The van der Waals surface area contributed by atoms with Gasteiger partial charge in [0.15, 0.2) is 0 Å². The fourth-order valence-electron chi connectivity index (χ4n) is 3.88. The lowest BCUT2D eigenvalue weighted by atomic mass is 10.1. The number of piperazine rings is 1. The van der Waals surface area contributed by atoms with E-state index in [9.17, 15) is 9.59 Å². The highest BCUT2D eigenvalue weighted by Gasteiger charge is 2.14. The largest absolute Gasteiger partial charge is 0.322 e. The number of nitrogens with one attached hydrogen (secondary N) is 2. The summed E-state index contributed by atoms with van der Waals surface area (Å²) in [6.45, 7) is 7.09. The van der Waals surface area contributed by atoms with Gasteiger partial charge in [0.1, 0.15) is 0 Å². The predicted molar refractivity (Wildman–Crippen MR) is 140 cm³/mol. The zero-order valence-corrected chi connectivity index (χ0v) is 20.2. The summed E-state index contributed by atoms with van der Waals surface area (Å²) in [6, 6.07) is 16.9. The summed E-state index contributed by atoms with van der Waals surface area (Å²) >= 11 is 0. The second-order valence-corrected chi connectivity index (χ2v) is 8.87. The number of nitrogens with zero attached hydrogens (tertiary/aromatic N) is 3. The van der Waals surface area contributed by atoms with Crippen LogP contribution in [0.15, 0.2) is 73.1 Å². The summed E-state index contributed by atoms with van der Waals surface area (Å²) in [7, 11) is 2.15. The molecule has 1 aliphatic heterocycles. The maximum absolute atomic E-state index is 12.8. The number of anilines is 2. The molecule has 180 valence electrons. The van der Waals surface area contributed by atoms with Crippen LogP contribution in [0.1, 0.15) is 27.0 Å². The van der Waals surface area contributed by atoms with E-state index in [1.807, 2.05) is 55.5 Å². The molecule has 7 nitrogen and oxygen atoms in total. The minimum Gasteiger partial charge on any atom is -0.322 e. The van der Waals surface area contributed by atoms with Crippen LogP contribution in [0.3, 0.4) is 0 Å². The Bertz CT molecular complexity index is 1180. The number of carbonyl (C=O) groups is 2. The standard InChI is InChI=1S/C28H31N5O2/c1-21-5-11-25(18-26(21)31-27(34)12-8-22-4-3-13-29-19-22)30-28(35)24-9-6-23(7-10-24)20-33-16-14-32(2)15-17-33/h3-13,18-19H,14-17,20H2,1-2H3,(H,30,35)(H,31,34). The normalized spacial score (nSPS) is 14.7. The summed E-state index contributed by atoms with van der Waals surface area (Å²) in [4.78, 5) is 34.0. The third-order valence-corrected chi connectivity index (χ3v) is 6.08. The van der Waals surface area contributed by atoms with Crippen LogP contribution < -0.4 is 10.6 Å². The van der Waals surface area contributed by atoms with Gasteiger partial charge in [-0.15, -0.1) is 0 Å². The van der Waals surface area contributed by atoms with E-state index < -0.39 is 0 Å². The highest BCUT2D eigenvalue weighted by molar-refractivity contribution is 6.05. The molecule has 35 heavy (non-hydrogen) atoms. The molecule has 1 aliphatic rings. The predicted octanol–water partition coefficient (Wildman–Crippen LogP) is 4.04. The molecule has 0 spiro atoms. The average molecular weight is 470 g/mol. The minimum atomic E-state index is -0.253. The number of carbonyl (C=O) groups excluding carboxylic acids is 2. The van der Waals surface area contributed by atoms with E-state index in [1.165, 1.54) is 11.6 Å². The molecule has 0 aliphatic carbocycles. The van der Waals surface area contributed by atoms with Gasteiger partial charge in [0.25, 0.3) is 5.91 Å². The molecule has 7 heteroatoms. The quantitative estimate of drug-likeness (QED) is 0.511. The van der Waals surface area contributed by atoms with Crippen molar-refractivity contribution in [3.05, 3.63) is 95.3 Å². The third-order valence-electron chi connectivity index (χ3n) is 6.08. The Labute approximate surface area is 206 Å². The first kappa shape index (κ1) is 24.3. The zero-order valence-electron chi connectivity index (χ0n) is 20.2. The van der Waals surface area contributed by atoms with E-state index >= 15 is 0 Å². The molecule has 2 heterocycles. The fourth-order valence-corrected chi connectivity index (χ4v) is 3.88. The van der Waals surface area contributed by atoms with Crippen molar-refractivity contribution in [2.24, 2.45) is 0 Å². The first-order valence-corrected chi connectivity index (χ1v) is 11.8. The molecule has 1 fully saturated rings. The van der Waals surface area contributed by atoms with Crippen molar-refractivity contribution in [3.8, 4) is 0 Å². The lowest BCUT2D eigenvalue weighted by Gasteiger charge is -2.32. The van der Waals surface area contributed by atoms with Gasteiger partial charge in [-0.2, -0.15) is 0 Å². The number of amides is 2. The van der Waals surface area contributed by atoms with Gasteiger partial charge in [-0.25, -0.2) is 0 Å². The molecule has 0 radical (unpaired) electrons. The summed E-state index contributed by atoms with van der Waals surface area (Å²) in [5.41, 5.74) is 4.80. The highest BCUT2D eigenvalue weighted by Crippen LogP contribution is 2.21. The number of pyridine rings is 1. The van der Waals surface area contributed by atoms with Crippen molar-refractivity contribution in [2.45, 2.75) is 13.5 Å². The molecule has 2 N–H and O–H groups in total. The Balaban J connectivity index is 1.34. The number of aryl methyl sites for hydroxylation is 1. The van der Waals surface area contributed by atoms with Crippen LogP contribution in [0.25, 0.3) is 6.08 Å². The maximum Gasteiger partial charge on any atom is 0.255 e. The van der Waals surface area contributed by atoms with Gasteiger partial charge in [0.05, 0.1) is 0 Å². The zero-order chi connectivity index (χ0) is 24.6. The Morgan fingerprint density at radius 3 is 2.49 bits per heavy atom. The first-order chi connectivity index (χ1) is 17.0. The molecule has 0 unspecified atom stereocenters. The van der Waals surface area contributed by atoms with Gasteiger partial charge >= 0.3 is 0 Å². The molecule has 1 saturated heterocycles. The number of benzene rings is 2. The summed E-state index contributed by atoms with van der Waals surface area (Å²) in [5.74, 6) is -0.440. The maximum atomic E-state index is 12.8. The van der Waals surface area contributed by atoms with Crippen LogP contribution >= 0.6 is 0 Å². The summed E-state index contributed by atoms with van der Waals surface area (Å²) < 4.78 is 0. The fraction of sp³-hybridized carbons (Fsp3) is 0.250. The SMILES string of the molecule is Cc1ccc(NC(=O)c2ccc(CN3CCN(C)CC3)cc2)cc1NC(=O)C=Cc1cccnc1. The van der Waals surface area contributed by atoms with Crippen molar-refractivity contribution in [1.29, 1.82) is 0 Å². The molecule has 0 saturated carbocycles. The van der Waals surface area contributed by atoms with Gasteiger partial charge < -0.3 is 15.5 Å². The van der Waals surface area contributed by atoms with E-state index in [0.717, 1.165) is 43.9 Å². The van der Waals surface area contributed by atoms with Crippen molar-refractivity contribution in [3.63, 3.8) is 0 Å². The molecule has 2 aromatic carbocycles. The lowest BCUT2D eigenvalue weighted by molar-refractivity contribution is -0.111.